The second kappa shape index (κ2) is 10.5. The van der Waals surface area contributed by atoms with Gasteiger partial charge in [-0.2, -0.15) is 0 Å². The smallest absolute Gasteiger partial charge is 0.204 e. The van der Waals surface area contributed by atoms with E-state index in [0.29, 0.717) is 11.6 Å². The van der Waals surface area contributed by atoms with E-state index in [1.165, 1.54) is 0 Å². The van der Waals surface area contributed by atoms with E-state index in [4.69, 9.17) is 11.6 Å². The number of nitrogens with zero attached hydrogens (tertiary/aromatic N) is 1. The summed E-state index contributed by atoms with van der Waals surface area (Å²) >= 11 is 6.09. The van der Waals surface area contributed by atoms with Crippen LogP contribution in [0, 0.1) is 11.8 Å². The molecule has 0 spiro atoms. The van der Waals surface area contributed by atoms with Crippen LogP contribution in [0.3, 0.4) is 0 Å². The molecule has 5 atom stereocenters. The van der Waals surface area contributed by atoms with Gasteiger partial charge in [-0.1, -0.05) is 121 Å². The molecular formula is C33H29ClNO2P. The van der Waals surface area contributed by atoms with Crippen molar-refractivity contribution in [3.05, 3.63) is 161 Å². The van der Waals surface area contributed by atoms with E-state index in [9.17, 15) is 5.11 Å². The van der Waals surface area contributed by atoms with E-state index < -0.39 is 13.4 Å². The Morgan fingerprint density at radius 3 is 2.05 bits per heavy atom. The van der Waals surface area contributed by atoms with Gasteiger partial charge in [0, 0.05) is 34.0 Å². The Morgan fingerprint density at radius 2 is 1.39 bits per heavy atom. The maximum absolute atomic E-state index is 15.6. The van der Waals surface area contributed by atoms with Crippen LogP contribution in [0.25, 0.3) is 0 Å². The van der Waals surface area contributed by atoms with Crippen LogP contribution >= 0.6 is 18.9 Å². The van der Waals surface area contributed by atoms with Gasteiger partial charge in [-0.25, -0.2) is 4.67 Å². The normalized spacial score (nSPS) is 25.5. The summed E-state index contributed by atoms with van der Waals surface area (Å²) in [7, 11) is -3.22. The molecule has 3 nitrogen and oxygen atoms in total. The number of benzene rings is 4. The molecule has 1 aliphatic heterocycles. The minimum Gasteiger partial charge on any atom is -0.387 e. The molecule has 1 N–H and O–H groups in total. The summed E-state index contributed by atoms with van der Waals surface area (Å²) in [6, 6.07) is 37.6. The van der Waals surface area contributed by atoms with E-state index in [2.05, 4.69) is 47.2 Å². The average molecular weight is 538 g/mol. The predicted molar refractivity (Wildman–Crippen MR) is 155 cm³/mol. The highest BCUT2D eigenvalue weighted by molar-refractivity contribution is 7.73. The van der Waals surface area contributed by atoms with Crippen molar-refractivity contribution in [1.29, 1.82) is 0 Å². The van der Waals surface area contributed by atoms with Crippen LogP contribution in [0.5, 0.6) is 0 Å². The van der Waals surface area contributed by atoms with Gasteiger partial charge in [0.05, 0.1) is 12.1 Å². The number of hydrogen-bond acceptors (Lipinski definition) is 2. The summed E-state index contributed by atoms with van der Waals surface area (Å²) in [5, 5.41) is 13.7. The van der Waals surface area contributed by atoms with Crippen molar-refractivity contribution < 1.29 is 9.67 Å². The van der Waals surface area contributed by atoms with E-state index in [0.717, 1.165) is 27.3 Å². The topological polar surface area (TPSA) is 40.5 Å². The lowest BCUT2D eigenvalue weighted by Gasteiger charge is -2.31. The molecule has 0 saturated carbocycles. The number of rotatable bonds is 6. The van der Waals surface area contributed by atoms with Gasteiger partial charge >= 0.3 is 0 Å². The third-order valence-electron chi connectivity index (χ3n) is 7.63. The molecule has 0 aromatic heterocycles. The maximum atomic E-state index is 15.6. The summed E-state index contributed by atoms with van der Waals surface area (Å²) < 4.78 is 17.8. The molecule has 1 aliphatic carbocycles. The van der Waals surface area contributed by atoms with Gasteiger partial charge in [-0.3, -0.25) is 4.57 Å². The second-order valence-electron chi connectivity index (χ2n) is 9.93. The summed E-state index contributed by atoms with van der Waals surface area (Å²) in [5.41, 5.74) is 3.03. The van der Waals surface area contributed by atoms with E-state index in [1.807, 2.05) is 78.9 Å². The third kappa shape index (κ3) is 4.51. The fourth-order valence-corrected chi connectivity index (χ4v) is 9.38. The molecule has 0 amide bonds. The molecule has 190 valence electrons. The summed E-state index contributed by atoms with van der Waals surface area (Å²) in [6.45, 7) is 0.554. The van der Waals surface area contributed by atoms with Gasteiger partial charge in [0.2, 0.25) is 7.29 Å². The molecule has 1 fully saturated rings. The highest BCUT2D eigenvalue weighted by Gasteiger charge is 2.54. The largest absolute Gasteiger partial charge is 0.387 e. The number of aliphatic hydroxyl groups excluding tert-OH is 1. The highest BCUT2D eigenvalue weighted by atomic mass is 35.5. The van der Waals surface area contributed by atoms with Crippen LogP contribution in [0.2, 0.25) is 5.02 Å². The van der Waals surface area contributed by atoms with Gasteiger partial charge in [0.1, 0.15) is 0 Å². The van der Waals surface area contributed by atoms with Gasteiger partial charge in [-0.05, 0) is 41.0 Å². The first kappa shape index (κ1) is 25.1. The number of fused-ring (bicyclic) bond motifs is 1. The first-order chi connectivity index (χ1) is 18.6. The Morgan fingerprint density at radius 1 is 0.789 bits per heavy atom. The van der Waals surface area contributed by atoms with Crippen molar-refractivity contribution in [2.75, 3.05) is 0 Å². The molecule has 5 heteroatoms. The van der Waals surface area contributed by atoms with Crippen LogP contribution < -0.4 is 5.30 Å². The zero-order chi connectivity index (χ0) is 26.1. The van der Waals surface area contributed by atoms with Crippen molar-refractivity contribution in [3.8, 4) is 0 Å². The summed E-state index contributed by atoms with van der Waals surface area (Å²) in [5.74, 6) is -0.367. The van der Waals surface area contributed by atoms with Gasteiger partial charge in [0.25, 0.3) is 0 Å². The van der Waals surface area contributed by atoms with E-state index >= 15 is 4.57 Å². The Hall–Kier alpha value is -3.20. The molecule has 4 aromatic carbocycles. The molecule has 1 heterocycles. The molecule has 0 bridgehead atoms. The predicted octanol–water partition coefficient (Wildman–Crippen LogP) is 7.92. The van der Waals surface area contributed by atoms with Crippen LogP contribution in [-0.4, -0.2) is 9.78 Å². The Labute approximate surface area is 229 Å². The summed E-state index contributed by atoms with van der Waals surface area (Å²) in [4.78, 5) is 0. The lowest BCUT2D eigenvalue weighted by atomic mass is 9.84. The number of aliphatic hydroxyl groups is 1. The SMILES string of the molecule is O=[P@]1(c2ccccc2)C2=C[C@H]([C@H](O)c3ccc(Cl)cc3)C=C[C@@H]2[C@@H](c2ccccc2)N1Cc1ccccc1. The molecule has 38 heavy (non-hydrogen) atoms. The minimum absolute atomic E-state index is 0.0687. The van der Waals surface area contributed by atoms with E-state index in [1.54, 1.807) is 12.1 Å². The Balaban J connectivity index is 1.51. The zero-order valence-corrected chi connectivity index (χ0v) is 22.5. The Kier molecular flexibility index (Phi) is 6.95. The zero-order valence-electron chi connectivity index (χ0n) is 20.8. The fraction of sp³-hybridized carbons (Fsp3) is 0.152. The molecular weight excluding hydrogens is 509 g/mol. The van der Waals surface area contributed by atoms with Gasteiger partial charge < -0.3 is 5.11 Å². The Bertz CT molecular complexity index is 1500. The molecule has 6 rings (SSSR count). The number of hydrogen-bond donors (Lipinski definition) is 1. The number of halogens is 1. The average Bonchev–Trinajstić information content (AvgIpc) is 3.22. The van der Waals surface area contributed by atoms with Crippen molar-refractivity contribution >= 4 is 24.2 Å². The van der Waals surface area contributed by atoms with Crippen LogP contribution in [0.15, 0.2) is 139 Å². The van der Waals surface area contributed by atoms with Gasteiger partial charge in [-0.15, -0.1) is 0 Å². The quantitative estimate of drug-likeness (QED) is 0.200. The van der Waals surface area contributed by atoms with Crippen LogP contribution in [-0.2, 0) is 11.1 Å². The lowest BCUT2D eigenvalue weighted by Crippen LogP contribution is -2.25. The second-order valence-corrected chi connectivity index (χ2v) is 13.1. The van der Waals surface area contributed by atoms with E-state index in [-0.39, 0.29) is 17.9 Å². The molecule has 4 aromatic rings. The standard InChI is InChI=1S/C33H29ClNO2P/c34-28-19-16-26(17-20-28)33(36)27-18-21-30-31(22-27)38(37,29-14-8-3-9-15-29)35(23-24-10-4-1-5-11-24)32(30)25-12-6-2-7-13-25/h1-22,27,30,32-33,36H,23H2/t27-,30+,32-,33-,38-/m1/s1. The van der Waals surface area contributed by atoms with Crippen molar-refractivity contribution in [2.24, 2.45) is 11.8 Å². The van der Waals surface area contributed by atoms with Gasteiger partial charge in [0.15, 0.2) is 0 Å². The van der Waals surface area contributed by atoms with Crippen molar-refractivity contribution in [1.82, 2.24) is 4.67 Å². The first-order valence-corrected chi connectivity index (χ1v) is 15.0. The lowest BCUT2D eigenvalue weighted by molar-refractivity contribution is 0.149. The monoisotopic (exact) mass is 537 g/mol. The molecule has 0 radical (unpaired) electrons. The molecule has 0 unspecified atom stereocenters. The van der Waals surface area contributed by atoms with Crippen molar-refractivity contribution in [2.45, 2.75) is 18.7 Å². The highest BCUT2D eigenvalue weighted by Crippen LogP contribution is 2.72. The van der Waals surface area contributed by atoms with Crippen molar-refractivity contribution in [3.63, 3.8) is 0 Å². The van der Waals surface area contributed by atoms with Crippen LogP contribution in [0.4, 0.5) is 0 Å². The fourth-order valence-electron chi connectivity index (χ4n) is 5.79. The molecule has 1 saturated heterocycles. The first-order valence-electron chi connectivity index (χ1n) is 12.9. The molecule has 2 aliphatic rings. The van der Waals surface area contributed by atoms with Crippen LogP contribution in [0.1, 0.15) is 28.8 Å². The third-order valence-corrected chi connectivity index (χ3v) is 11.1. The maximum Gasteiger partial charge on any atom is 0.204 e. The minimum atomic E-state index is -3.22. The summed E-state index contributed by atoms with van der Waals surface area (Å²) in [6.07, 6.45) is 5.54.